The molecule has 0 heterocycles. The molecule has 0 N–H and O–H groups in total. The maximum absolute atomic E-state index is 13.9. The summed E-state index contributed by atoms with van der Waals surface area (Å²) in [5.74, 6) is 6.71. The van der Waals surface area contributed by atoms with Gasteiger partial charge in [-0.3, -0.25) is 4.79 Å². The summed E-state index contributed by atoms with van der Waals surface area (Å²) in [7, 11) is 0. The zero-order valence-corrected chi connectivity index (χ0v) is 52.8. The van der Waals surface area contributed by atoms with Crippen molar-refractivity contribution in [3.8, 4) is 46.8 Å². The molecule has 81 heavy (non-hydrogen) atoms. The number of hydrogen-bond acceptors (Lipinski definition) is 7. The van der Waals surface area contributed by atoms with Gasteiger partial charge >= 0.3 is 5.97 Å². The van der Waals surface area contributed by atoms with Crippen LogP contribution in [0.3, 0.4) is 0 Å². The first kappa shape index (κ1) is 69.2. The van der Waals surface area contributed by atoms with Crippen molar-refractivity contribution in [2.45, 2.75) is 311 Å². The van der Waals surface area contributed by atoms with Crippen LogP contribution >= 0.6 is 0 Å². The van der Waals surface area contributed by atoms with E-state index >= 15 is 0 Å². The van der Waals surface area contributed by atoms with Crippen LogP contribution in [0.1, 0.15) is 311 Å². The highest BCUT2D eigenvalue weighted by molar-refractivity contribution is 6.27. The lowest BCUT2D eigenvalue weighted by Gasteiger charge is -2.20. The second kappa shape index (κ2) is 46.1. The smallest absolute Gasteiger partial charge is 0.311 e. The van der Waals surface area contributed by atoms with Gasteiger partial charge in [0.1, 0.15) is 0 Å². The number of fused-ring (bicyclic) bond motifs is 6. The van der Waals surface area contributed by atoms with E-state index in [-0.39, 0.29) is 5.97 Å². The number of benzene rings is 4. The van der Waals surface area contributed by atoms with E-state index in [0.717, 1.165) is 164 Å². The first-order valence-electron chi connectivity index (χ1n) is 34.3. The van der Waals surface area contributed by atoms with Gasteiger partial charge in [0, 0.05) is 12.8 Å². The Morgan fingerprint density at radius 1 is 0.296 bits per heavy atom. The number of unbranched alkanes of at least 4 members (excludes halogenated alkanes) is 36. The van der Waals surface area contributed by atoms with Gasteiger partial charge in [0.05, 0.1) is 33.0 Å². The molecule has 0 aromatic heterocycles. The van der Waals surface area contributed by atoms with Crippen molar-refractivity contribution in [3.05, 3.63) is 36.4 Å². The van der Waals surface area contributed by atoms with Gasteiger partial charge in [-0.05, 0) is 114 Å². The van der Waals surface area contributed by atoms with Gasteiger partial charge in [0.15, 0.2) is 34.5 Å². The fraction of sp³-hybridized carbons (Fsp3) is 0.716. The molecule has 7 nitrogen and oxygen atoms in total. The third-order valence-corrected chi connectivity index (χ3v) is 16.3. The summed E-state index contributed by atoms with van der Waals surface area (Å²) in [5.41, 5.74) is 0. The highest BCUT2D eigenvalue weighted by Crippen LogP contribution is 2.47. The minimum absolute atomic E-state index is 0.226. The molecule has 0 bridgehead atoms. The summed E-state index contributed by atoms with van der Waals surface area (Å²) in [6.45, 7) is 14.5. The van der Waals surface area contributed by atoms with E-state index in [4.69, 9.17) is 34.8 Å². The lowest BCUT2D eigenvalue weighted by atomic mass is 9.93. The van der Waals surface area contributed by atoms with E-state index in [9.17, 15) is 4.79 Å². The van der Waals surface area contributed by atoms with Crippen LogP contribution in [0.5, 0.6) is 34.5 Å². The number of hydrogen-bond donors (Lipinski definition) is 0. The molecule has 456 valence electrons. The maximum Gasteiger partial charge on any atom is 0.311 e. The molecule has 0 aliphatic rings. The molecule has 0 amide bonds. The Hall–Kier alpha value is -4.31. The van der Waals surface area contributed by atoms with E-state index < -0.39 is 0 Å². The van der Waals surface area contributed by atoms with E-state index in [1.165, 1.54) is 161 Å². The number of carbonyl (C=O) groups excluding carboxylic acids is 1. The molecule has 0 fully saturated rings. The minimum atomic E-state index is -0.226. The van der Waals surface area contributed by atoms with Crippen LogP contribution < -0.4 is 28.4 Å². The normalized spacial score (nSPS) is 11.5. The van der Waals surface area contributed by atoms with Crippen molar-refractivity contribution in [2.75, 3.05) is 33.0 Å². The Kier molecular flexibility index (Phi) is 39.4. The average Bonchev–Trinajstić information content (AvgIpc) is 3.65. The van der Waals surface area contributed by atoms with Crippen molar-refractivity contribution in [1.29, 1.82) is 0 Å². The molecule has 0 aliphatic carbocycles. The van der Waals surface area contributed by atoms with E-state index in [2.05, 4.69) is 76.9 Å². The van der Waals surface area contributed by atoms with Crippen molar-refractivity contribution in [1.82, 2.24) is 0 Å². The number of rotatable bonds is 54. The molecule has 4 aromatic carbocycles. The molecule has 0 saturated carbocycles. The molecule has 7 heteroatoms. The van der Waals surface area contributed by atoms with Gasteiger partial charge in [-0.2, -0.15) is 0 Å². The second-order valence-corrected chi connectivity index (χ2v) is 23.7. The number of ether oxygens (including phenoxy) is 6. The summed E-state index contributed by atoms with van der Waals surface area (Å²) in [6, 6.07) is 13.1. The summed E-state index contributed by atoms with van der Waals surface area (Å²) in [5, 5.41) is 6.18. The van der Waals surface area contributed by atoms with Gasteiger partial charge in [-0.15, -0.1) is 12.3 Å². The van der Waals surface area contributed by atoms with Crippen LogP contribution in [0.2, 0.25) is 0 Å². The quantitative estimate of drug-likeness (QED) is 0.0143. The third-order valence-electron chi connectivity index (χ3n) is 16.3. The van der Waals surface area contributed by atoms with Gasteiger partial charge < -0.3 is 28.4 Å². The highest BCUT2D eigenvalue weighted by atomic mass is 16.6. The van der Waals surface area contributed by atoms with Gasteiger partial charge in [-0.25, -0.2) is 0 Å². The van der Waals surface area contributed by atoms with Crippen molar-refractivity contribution < 1.29 is 33.2 Å². The van der Waals surface area contributed by atoms with Crippen LogP contribution in [0.25, 0.3) is 32.3 Å². The maximum atomic E-state index is 13.9. The largest absolute Gasteiger partial charge is 0.490 e. The standard InChI is InChI=1S/C74H118O7/c1-7-13-19-25-31-32-38-44-50-74(75)81-73-61-67-65-59-71(79-54-48-42-36-29-23-17-11-5)69(77-52-46-40-34-27-21-15-9-3)57-63(65)62-56-68(76-51-45-39-33-26-20-14-8-2)70(78-53-47-41-35-28-22-16-10-4)58-64(62)66(67)60-72(73)80-55-49-43-37-30-24-18-12-6/h1,56-61H,8-55H2,2-6H3. The van der Waals surface area contributed by atoms with Crippen LogP contribution in [-0.4, -0.2) is 39.0 Å². The lowest BCUT2D eigenvalue weighted by Crippen LogP contribution is -2.09. The molecule has 0 saturated heterocycles. The summed E-state index contributed by atoms with van der Waals surface area (Å²) < 4.78 is 40.5. The zero-order valence-electron chi connectivity index (χ0n) is 52.8. The first-order valence-corrected chi connectivity index (χ1v) is 34.3. The summed E-state index contributed by atoms with van der Waals surface area (Å²) in [4.78, 5) is 13.9. The molecular weight excluding hydrogens is 1000 g/mol. The van der Waals surface area contributed by atoms with Crippen molar-refractivity contribution >= 4 is 38.3 Å². The Balaban J connectivity index is 1.86. The van der Waals surface area contributed by atoms with E-state index in [1.54, 1.807) is 0 Å². The number of esters is 1. The van der Waals surface area contributed by atoms with Crippen LogP contribution in [0, 0.1) is 12.3 Å². The van der Waals surface area contributed by atoms with Crippen LogP contribution in [-0.2, 0) is 4.79 Å². The molecule has 0 radical (unpaired) electrons. The van der Waals surface area contributed by atoms with Gasteiger partial charge in [0.25, 0.3) is 0 Å². The third kappa shape index (κ3) is 28.7. The Labute approximate surface area is 496 Å². The monoisotopic (exact) mass is 1120 g/mol. The predicted octanol–water partition coefficient (Wildman–Crippen LogP) is 23.5. The Morgan fingerprint density at radius 2 is 0.506 bits per heavy atom. The molecule has 4 rings (SSSR count). The molecule has 0 atom stereocenters. The van der Waals surface area contributed by atoms with Crippen LogP contribution in [0.15, 0.2) is 36.4 Å². The number of carbonyl (C=O) groups is 1. The topological polar surface area (TPSA) is 72.5 Å². The Bertz CT molecular complexity index is 2220. The molecular formula is C74H118O7. The second-order valence-electron chi connectivity index (χ2n) is 23.7. The van der Waals surface area contributed by atoms with Gasteiger partial charge in [0.2, 0.25) is 0 Å². The van der Waals surface area contributed by atoms with Crippen LogP contribution in [0.4, 0.5) is 0 Å². The number of terminal acetylenes is 1. The fourth-order valence-corrected chi connectivity index (χ4v) is 11.2. The first-order chi connectivity index (χ1) is 40.0. The van der Waals surface area contributed by atoms with Crippen molar-refractivity contribution in [2.24, 2.45) is 0 Å². The fourth-order valence-electron chi connectivity index (χ4n) is 11.2. The summed E-state index contributed by atoms with van der Waals surface area (Å²) in [6.07, 6.45) is 55.3. The molecule has 0 aliphatic heterocycles. The average molecular weight is 1120 g/mol. The minimum Gasteiger partial charge on any atom is -0.490 e. The molecule has 4 aromatic rings. The molecule has 0 unspecified atom stereocenters. The summed E-state index contributed by atoms with van der Waals surface area (Å²) >= 11 is 0. The highest BCUT2D eigenvalue weighted by Gasteiger charge is 2.22. The SMILES string of the molecule is C#CCCCCCCCCC(=O)Oc1cc2c3cc(OCCCCCCCCC)c(OCCCCCCCCC)cc3c3cc(OCCCCCCCCC)c(OCCCCCCCCC)cc3c2cc1OCCCCCCCCC. The lowest BCUT2D eigenvalue weighted by molar-refractivity contribution is -0.134. The predicted molar refractivity (Wildman–Crippen MR) is 348 cm³/mol. The molecule has 0 spiro atoms. The van der Waals surface area contributed by atoms with E-state index in [1.807, 2.05) is 0 Å². The Morgan fingerprint density at radius 3 is 0.765 bits per heavy atom. The van der Waals surface area contributed by atoms with Gasteiger partial charge in [-0.1, -0.05) is 253 Å². The zero-order chi connectivity index (χ0) is 57.6. The van der Waals surface area contributed by atoms with Crippen molar-refractivity contribution in [3.63, 3.8) is 0 Å². The van der Waals surface area contributed by atoms with E-state index in [0.29, 0.717) is 51.0 Å².